The first kappa shape index (κ1) is 27.8. The van der Waals surface area contributed by atoms with Crippen molar-refractivity contribution in [2.45, 2.75) is 51.6 Å². The van der Waals surface area contributed by atoms with Crippen LogP contribution in [0.4, 0.5) is 10.5 Å². The molecule has 3 amide bonds. The average molecular weight is 517 g/mol. The highest BCUT2D eigenvalue weighted by atomic mass is 16.5. The maximum Gasteiger partial charge on any atom is 0.321 e. The van der Waals surface area contributed by atoms with Crippen LogP contribution in [-0.2, 0) is 20.7 Å². The Balaban J connectivity index is 1.34. The van der Waals surface area contributed by atoms with Crippen molar-refractivity contribution in [3.05, 3.63) is 29.8 Å². The lowest BCUT2D eigenvalue weighted by molar-refractivity contribution is -0.954. The number of morpholine rings is 2. The van der Waals surface area contributed by atoms with Crippen LogP contribution in [0, 0.1) is 5.92 Å². The van der Waals surface area contributed by atoms with Crippen LogP contribution in [0.5, 0.6) is 0 Å². The van der Waals surface area contributed by atoms with Crippen molar-refractivity contribution >= 4 is 17.6 Å². The summed E-state index contributed by atoms with van der Waals surface area (Å²) in [6.07, 6.45) is 4.04. The summed E-state index contributed by atoms with van der Waals surface area (Å²) in [5.74, 6) is 0.331. The molecule has 1 aromatic carbocycles. The highest BCUT2D eigenvalue weighted by Crippen LogP contribution is 2.31. The third-order valence-corrected chi connectivity index (χ3v) is 8.62. The Labute approximate surface area is 221 Å². The minimum atomic E-state index is -0.413. The first-order chi connectivity index (χ1) is 17.9. The number of quaternary nitrogens is 1. The predicted octanol–water partition coefficient (Wildman–Crippen LogP) is 2.30. The Bertz CT molecular complexity index is 892. The van der Waals surface area contributed by atoms with Gasteiger partial charge in [0.25, 0.3) is 0 Å². The first-order valence-electron chi connectivity index (χ1n) is 14.1. The molecule has 0 radical (unpaired) electrons. The van der Waals surface area contributed by atoms with E-state index in [1.54, 1.807) is 4.90 Å². The Kier molecular flexibility index (Phi) is 9.81. The largest absolute Gasteiger partial charge is 0.378 e. The Morgan fingerprint density at radius 2 is 1.68 bits per heavy atom. The first-order valence-corrected chi connectivity index (χ1v) is 14.1. The third kappa shape index (κ3) is 7.02. The lowest BCUT2D eigenvalue weighted by Crippen LogP contribution is -2.61. The number of nitrogens with zero attached hydrogens (tertiary/aromatic N) is 3. The molecular weight excluding hydrogens is 470 g/mol. The number of benzene rings is 1. The van der Waals surface area contributed by atoms with E-state index in [9.17, 15) is 9.59 Å². The van der Waals surface area contributed by atoms with Crippen molar-refractivity contribution in [2.75, 3.05) is 77.6 Å². The molecule has 0 bridgehead atoms. The highest BCUT2D eigenvalue weighted by Gasteiger charge is 2.41. The summed E-state index contributed by atoms with van der Waals surface area (Å²) in [6.45, 7) is 12.8. The van der Waals surface area contributed by atoms with E-state index in [1.807, 2.05) is 17.0 Å². The van der Waals surface area contributed by atoms with Crippen molar-refractivity contribution in [1.29, 1.82) is 0 Å². The summed E-state index contributed by atoms with van der Waals surface area (Å²) in [6, 6.07) is 8.23. The van der Waals surface area contributed by atoms with Gasteiger partial charge < -0.3 is 34.8 Å². The number of urea groups is 1. The fraction of sp³-hybridized carbons (Fsp3) is 0.714. The maximum atomic E-state index is 13.0. The van der Waals surface area contributed by atoms with E-state index >= 15 is 0 Å². The van der Waals surface area contributed by atoms with Gasteiger partial charge in [0, 0.05) is 51.1 Å². The molecule has 3 N–H and O–H groups in total. The van der Waals surface area contributed by atoms with Gasteiger partial charge >= 0.3 is 6.03 Å². The van der Waals surface area contributed by atoms with Gasteiger partial charge in [-0.05, 0) is 37.0 Å². The number of ether oxygens (including phenoxy) is 2. The standard InChI is InChI=1S/C28H45N5O4/c1-3-13-33(14-7-24(8-15-33)26(29)27(34)31-9-16-36-17-10-31)22(2)20-23-5-4-6-25(21-23)30-28(35)32-11-18-37-19-12-32/h4-6,21-22,24,26H,3,7-20,29H2,1-2H3/p+1. The zero-order valence-electron chi connectivity index (χ0n) is 22.7. The summed E-state index contributed by atoms with van der Waals surface area (Å²) in [7, 11) is 0. The van der Waals surface area contributed by atoms with Crippen LogP contribution in [-0.4, -0.2) is 111 Å². The molecule has 0 spiro atoms. The Morgan fingerprint density at radius 3 is 2.30 bits per heavy atom. The van der Waals surface area contributed by atoms with Crippen LogP contribution in [0.1, 0.15) is 38.7 Å². The molecule has 37 heavy (non-hydrogen) atoms. The zero-order valence-corrected chi connectivity index (χ0v) is 22.7. The van der Waals surface area contributed by atoms with Gasteiger partial charge in [-0.2, -0.15) is 0 Å². The topological polar surface area (TPSA) is 97.1 Å². The summed E-state index contributed by atoms with van der Waals surface area (Å²) in [5, 5.41) is 3.06. The van der Waals surface area contributed by atoms with Crippen molar-refractivity contribution in [2.24, 2.45) is 11.7 Å². The number of hydrogen-bond acceptors (Lipinski definition) is 5. The van der Waals surface area contributed by atoms with Crippen LogP contribution < -0.4 is 11.1 Å². The van der Waals surface area contributed by atoms with Crippen molar-refractivity contribution < 1.29 is 23.5 Å². The van der Waals surface area contributed by atoms with Crippen LogP contribution >= 0.6 is 0 Å². The lowest BCUT2D eigenvalue weighted by atomic mass is 9.86. The van der Waals surface area contributed by atoms with Gasteiger partial charge in [-0.15, -0.1) is 0 Å². The second-order valence-electron chi connectivity index (χ2n) is 11.0. The van der Waals surface area contributed by atoms with Crippen LogP contribution in [0.25, 0.3) is 0 Å². The minimum Gasteiger partial charge on any atom is -0.378 e. The predicted molar refractivity (Wildman–Crippen MR) is 144 cm³/mol. The number of carbonyl (C=O) groups excluding carboxylic acids is 2. The molecule has 4 rings (SSSR count). The summed E-state index contributed by atoms with van der Waals surface area (Å²) >= 11 is 0. The Hall–Kier alpha value is -2.20. The number of anilines is 1. The molecule has 1 aromatic rings. The molecule has 2 unspecified atom stereocenters. The van der Waals surface area contributed by atoms with E-state index in [4.69, 9.17) is 15.2 Å². The normalized spacial score (nSPS) is 26.4. The van der Waals surface area contributed by atoms with Gasteiger partial charge in [0.15, 0.2) is 0 Å². The van der Waals surface area contributed by atoms with Crippen LogP contribution in [0.15, 0.2) is 24.3 Å². The number of likely N-dealkylation sites (tertiary alicyclic amines) is 1. The summed E-state index contributed by atoms with van der Waals surface area (Å²) in [4.78, 5) is 29.3. The van der Waals surface area contributed by atoms with Crippen molar-refractivity contribution in [3.8, 4) is 0 Å². The van der Waals surface area contributed by atoms with Crippen LogP contribution in [0.3, 0.4) is 0 Å². The molecule has 0 aromatic heterocycles. The van der Waals surface area contributed by atoms with Gasteiger partial charge in [0.1, 0.15) is 0 Å². The number of amides is 3. The minimum absolute atomic E-state index is 0.0620. The molecular formula is C28H46N5O4+. The van der Waals surface area contributed by atoms with Gasteiger partial charge in [-0.1, -0.05) is 19.1 Å². The van der Waals surface area contributed by atoms with Crippen molar-refractivity contribution in [1.82, 2.24) is 9.80 Å². The van der Waals surface area contributed by atoms with E-state index in [1.165, 1.54) is 5.56 Å². The quantitative estimate of drug-likeness (QED) is 0.517. The molecule has 3 heterocycles. The van der Waals surface area contributed by atoms with Crippen LogP contribution in [0.2, 0.25) is 0 Å². The number of carbonyl (C=O) groups is 2. The maximum absolute atomic E-state index is 13.0. The van der Waals surface area contributed by atoms with Crippen molar-refractivity contribution in [3.63, 3.8) is 0 Å². The molecule has 206 valence electrons. The smallest absolute Gasteiger partial charge is 0.321 e. The zero-order chi connectivity index (χ0) is 26.3. The van der Waals surface area contributed by atoms with Gasteiger partial charge in [-0.25, -0.2) is 4.79 Å². The molecule has 2 atom stereocenters. The molecule has 3 aliphatic rings. The fourth-order valence-corrected chi connectivity index (χ4v) is 6.27. The molecule has 3 aliphatic heterocycles. The second-order valence-corrected chi connectivity index (χ2v) is 11.0. The highest BCUT2D eigenvalue weighted by molar-refractivity contribution is 5.89. The number of rotatable bonds is 8. The molecule has 0 aliphatic carbocycles. The van der Waals surface area contributed by atoms with E-state index in [-0.39, 0.29) is 17.9 Å². The van der Waals surface area contributed by atoms with Gasteiger partial charge in [-0.3, -0.25) is 4.79 Å². The Morgan fingerprint density at radius 1 is 1.05 bits per heavy atom. The molecule has 3 fully saturated rings. The van der Waals surface area contributed by atoms with Gasteiger partial charge in [0.2, 0.25) is 5.91 Å². The number of piperidine rings is 1. The SMILES string of the molecule is CCC[N+]1(C(C)Cc2cccc(NC(=O)N3CCOCC3)c2)CCC(C(N)C(=O)N2CCOCC2)CC1. The molecule has 9 nitrogen and oxygen atoms in total. The van der Waals surface area contributed by atoms with E-state index < -0.39 is 6.04 Å². The lowest BCUT2D eigenvalue weighted by Gasteiger charge is -2.49. The molecule has 9 heteroatoms. The second kappa shape index (κ2) is 13.0. The summed E-state index contributed by atoms with van der Waals surface area (Å²) < 4.78 is 11.8. The fourth-order valence-electron chi connectivity index (χ4n) is 6.27. The molecule has 0 saturated carbocycles. The van der Waals surface area contributed by atoms with Gasteiger partial charge in [0.05, 0.1) is 58.1 Å². The average Bonchev–Trinajstić information content (AvgIpc) is 2.94. The third-order valence-electron chi connectivity index (χ3n) is 8.62. The monoisotopic (exact) mass is 516 g/mol. The summed E-state index contributed by atoms with van der Waals surface area (Å²) in [5.41, 5.74) is 8.59. The van der Waals surface area contributed by atoms with E-state index in [0.29, 0.717) is 58.6 Å². The number of nitrogens with one attached hydrogen (secondary N) is 1. The van der Waals surface area contributed by atoms with E-state index in [0.717, 1.165) is 55.5 Å². The van der Waals surface area contributed by atoms with E-state index in [2.05, 4.69) is 31.3 Å². The molecule has 3 saturated heterocycles. The number of hydrogen-bond donors (Lipinski definition) is 2. The number of nitrogens with two attached hydrogens (primary N) is 1.